The molecule has 1 aromatic carbocycles. The van der Waals surface area contributed by atoms with E-state index in [0.29, 0.717) is 17.1 Å². The van der Waals surface area contributed by atoms with Gasteiger partial charge in [0.05, 0.1) is 4.99 Å². The van der Waals surface area contributed by atoms with E-state index in [1.165, 1.54) is 0 Å². The van der Waals surface area contributed by atoms with Gasteiger partial charge in [-0.3, -0.25) is 4.79 Å². The molecule has 0 saturated carbocycles. The van der Waals surface area contributed by atoms with Gasteiger partial charge in [0.1, 0.15) is 0 Å². The third-order valence-corrected chi connectivity index (χ3v) is 3.71. The van der Waals surface area contributed by atoms with Crippen LogP contribution in [0.4, 0.5) is 0 Å². The fraction of sp³-hybridized carbons (Fsp3) is 0.385. The molecular formula is C13H17BrN2OS. The summed E-state index contributed by atoms with van der Waals surface area (Å²) in [4.78, 5) is 14.4. The first kappa shape index (κ1) is 15.1. The summed E-state index contributed by atoms with van der Waals surface area (Å²) < 4.78 is 0.896. The first-order valence-electron chi connectivity index (χ1n) is 5.64. The van der Waals surface area contributed by atoms with Crippen molar-refractivity contribution in [3.8, 4) is 0 Å². The van der Waals surface area contributed by atoms with E-state index in [1.54, 1.807) is 11.9 Å². The minimum Gasteiger partial charge on any atom is -0.393 e. The number of rotatable bonds is 4. The average molecular weight is 329 g/mol. The number of nitrogens with zero attached hydrogens (tertiary/aromatic N) is 1. The molecule has 0 radical (unpaired) electrons. The highest BCUT2D eigenvalue weighted by molar-refractivity contribution is 9.10. The largest absolute Gasteiger partial charge is 0.393 e. The lowest BCUT2D eigenvalue weighted by Gasteiger charge is -2.22. The zero-order chi connectivity index (χ0) is 13.9. The van der Waals surface area contributed by atoms with Gasteiger partial charge >= 0.3 is 0 Å². The maximum absolute atomic E-state index is 12.3. The molecule has 98 valence electrons. The predicted octanol–water partition coefficient (Wildman–Crippen LogP) is 2.75. The Morgan fingerprint density at radius 2 is 2.17 bits per heavy atom. The van der Waals surface area contributed by atoms with Crippen LogP contribution in [0.5, 0.6) is 0 Å². The number of benzene rings is 1. The summed E-state index contributed by atoms with van der Waals surface area (Å²) in [6.07, 6.45) is 0. The summed E-state index contributed by atoms with van der Waals surface area (Å²) in [5.41, 5.74) is 7.22. The number of aryl methyl sites for hydroxylation is 1. The maximum Gasteiger partial charge on any atom is 0.253 e. The highest BCUT2D eigenvalue weighted by atomic mass is 79.9. The van der Waals surface area contributed by atoms with Crippen molar-refractivity contribution >= 4 is 39.0 Å². The van der Waals surface area contributed by atoms with Gasteiger partial charge < -0.3 is 10.6 Å². The molecule has 3 nitrogen and oxygen atoms in total. The van der Waals surface area contributed by atoms with Crippen molar-refractivity contribution in [3.05, 3.63) is 33.8 Å². The van der Waals surface area contributed by atoms with Gasteiger partial charge in [-0.25, -0.2) is 0 Å². The van der Waals surface area contributed by atoms with Crippen LogP contribution in [-0.2, 0) is 0 Å². The summed E-state index contributed by atoms with van der Waals surface area (Å²) in [6, 6.07) is 5.67. The number of amides is 1. The lowest BCUT2D eigenvalue weighted by Crippen LogP contribution is -2.35. The molecular weight excluding hydrogens is 312 g/mol. The summed E-state index contributed by atoms with van der Waals surface area (Å²) in [6.45, 7) is 4.37. The lowest BCUT2D eigenvalue weighted by molar-refractivity contribution is 0.0786. The Balaban J connectivity index is 2.86. The van der Waals surface area contributed by atoms with E-state index < -0.39 is 0 Å². The molecule has 1 rings (SSSR count). The number of hydrogen-bond acceptors (Lipinski definition) is 2. The van der Waals surface area contributed by atoms with Gasteiger partial charge in [-0.1, -0.05) is 41.1 Å². The Hall–Kier alpha value is -0.940. The predicted molar refractivity (Wildman–Crippen MR) is 81.8 cm³/mol. The van der Waals surface area contributed by atoms with E-state index in [9.17, 15) is 4.79 Å². The number of thiocarbonyl (C=S) groups is 1. The Kier molecular flexibility index (Phi) is 5.28. The summed E-state index contributed by atoms with van der Waals surface area (Å²) in [7, 11) is 1.76. The second-order valence-corrected chi connectivity index (χ2v) is 5.84. The molecule has 0 spiro atoms. The molecule has 0 bridgehead atoms. The van der Waals surface area contributed by atoms with Crippen LogP contribution in [0.2, 0.25) is 0 Å². The van der Waals surface area contributed by atoms with Crippen molar-refractivity contribution in [1.82, 2.24) is 4.90 Å². The van der Waals surface area contributed by atoms with Crippen molar-refractivity contribution in [1.29, 1.82) is 0 Å². The molecule has 18 heavy (non-hydrogen) atoms. The fourth-order valence-corrected chi connectivity index (χ4v) is 2.05. The average Bonchev–Trinajstić information content (AvgIpc) is 2.31. The van der Waals surface area contributed by atoms with E-state index in [0.717, 1.165) is 10.0 Å². The normalized spacial score (nSPS) is 12.0. The highest BCUT2D eigenvalue weighted by Crippen LogP contribution is 2.17. The molecule has 0 fully saturated rings. The molecule has 1 amide bonds. The fourth-order valence-electron chi connectivity index (χ4n) is 1.61. The van der Waals surface area contributed by atoms with Gasteiger partial charge in [0.2, 0.25) is 0 Å². The maximum atomic E-state index is 12.3. The van der Waals surface area contributed by atoms with Crippen LogP contribution in [0, 0.1) is 12.8 Å². The van der Waals surface area contributed by atoms with Crippen LogP contribution in [0.15, 0.2) is 22.7 Å². The SMILES string of the molecule is Cc1ccc(Br)cc1C(=O)N(C)CC(C)C(N)=S. The monoisotopic (exact) mass is 328 g/mol. The minimum absolute atomic E-state index is 0.0152. The van der Waals surface area contributed by atoms with E-state index in [2.05, 4.69) is 15.9 Å². The van der Waals surface area contributed by atoms with E-state index in [4.69, 9.17) is 18.0 Å². The third kappa shape index (κ3) is 3.78. The number of carbonyl (C=O) groups excluding carboxylic acids is 1. The van der Waals surface area contributed by atoms with Crippen molar-refractivity contribution in [2.24, 2.45) is 11.7 Å². The van der Waals surface area contributed by atoms with Crippen LogP contribution < -0.4 is 5.73 Å². The summed E-state index contributed by atoms with van der Waals surface area (Å²) in [5.74, 6) is -0.00157. The second kappa shape index (κ2) is 6.29. The Bertz CT molecular complexity index is 476. The smallest absolute Gasteiger partial charge is 0.253 e. The lowest BCUT2D eigenvalue weighted by atomic mass is 10.1. The molecule has 0 aromatic heterocycles. The Labute approximate surface area is 121 Å². The van der Waals surface area contributed by atoms with Gasteiger partial charge in [0, 0.05) is 29.5 Å². The second-order valence-electron chi connectivity index (χ2n) is 4.45. The van der Waals surface area contributed by atoms with Crippen molar-refractivity contribution < 1.29 is 4.79 Å². The quantitative estimate of drug-likeness (QED) is 0.864. The van der Waals surface area contributed by atoms with Gasteiger partial charge in [-0.2, -0.15) is 0 Å². The molecule has 2 N–H and O–H groups in total. The molecule has 1 atom stereocenters. The van der Waals surface area contributed by atoms with Crippen molar-refractivity contribution in [3.63, 3.8) is 0 Å². The minimum atomic E-state index is -0.0168. The Morgan fingerprint density at radius 1 is 1.56 bits per heavy atom. The van der Waals surface area contributed by atoms with Crippen LogP contribution in [0.1, 0.15) is 22.8 Å². The number of hydrogen-bond donors (Lipinski definition) is 1. The number of carbonyl (C=O) groups is 1. The molecule has 0 aliphatic carbocycles. The van der Waals surface area contributed by atoms with E-state index >= 15 is 0 Å². The van der Waals surface area contributed by atoms with Crippen molar-refractivity contribution in [2.75, 3.05) is 13.6 Å². The van der Waals surface area contributed by atoms with Gasteiger partial charge in [-0.05, 0) is 24.6 Å². The van der Waals surface area contributed by atoms with Gasteiger partial charge in [-0.15, -0.1) is 0 Å². The molecule has 5 heteroatoms. The molecule has 0 saturated heterocycles. The summed E-state index contributed by atoms with van der Waals surface area (Å²) in [5, 5.41) is 0. The van der Waals surface area contributed by atoms with Crippen LogP contribution >= 0.6 is 28.1 Å². The van der Waals surface area contributed by atoms with Crippen LogP contribution in [0.3, 0.4) is 0 Å². The standard InChI is InChI=1S/C13H17BrN2OS/c1-8-4-5-10(14)6-11(8)13(17)16(3)7-9(2)12(15)18/h4-6,9H,7H2,1-3H3,(H2,15,18). The molecule has 1 unspecified atom stereocenters. The number of nitrogens with two attached hydrogens (primary N) is 1. The molecule has 0 heterocycles. The number of halogens is 1. The van der Waals surface area contributed by atoms with Crippen LogP contribution in [-0.4, -0.2) is 29.4 Å². The van der Waals surface area contributed by atoms with Gasteiger partial charge in [0.15, 0.2) is 0 Å². The third-order valence-electron chi connectivity index (χ3n) is 2.81. The molecule has 0 aliphatic rings. The Morgan fingerprint density at radius 3 is 2.72 bits per heavy atom. The van der Waals surface area contributed by atoms with E-state index in [-0.39, 0.29) is 11.8 Å². The van der Waals surface area contributed by atoms with Crippen molar-refractivity contribution in [2.45, 2.75) is 13.8 Å². The molecule has 0 aliphatic heterocycles. The van der Waals surface area contributed by atoms with Crippen LogP contribution in [0.25, 0.3) is 0 Å². The topological polar surface area (TPSA) is 46.3 Å². The molecule has 1 aromatic rings. The first-order chi connectivity index (χ1) is 8.32. The zero-order valence-corrected chi connectivity index (χ0v) is 13.1. The zero-order valence-electron chi connectivity index (χ0n) is 10.7. The van der Waals surface area contributed by atoms with E-state index in [1.807, 2.05) is 32.0 Å². The first-order valence-corrected chi connectivity index (χ1v) is 6.84. The summed E-state index contributed by atoms with van der Waals surface area (Å²) >= 11 is 8.30. The van der Waals surface area contributed by atoms with Gasteiger partial charge in [0.25, 0.3) is 5.91 Å². The highest BCUT2D eigenvalue weighted by Gasteiger charge is 2.17.